The Labute approximate surface area is 136 Å². The Morgan fingerprint density at radius 1 is 1.13 bits per heavy atom. The summed E-state index contributed by atoms with van der Waals surface area (Å²) >= 11 is 0. The number of carboxylic acids is 1. The van der Waals surface area contributed by atoms with Gasteiger partial charge >= 0.3 is 5.97 Å². The number of benzene rings is 1. The van der Waals surface area contributed by atoms with Crippen LogP contribution in [0.15, 0.2) is 30.3 Å². The number of carboxylic acid groups (broad SMARTS) is 1. The van der Waals surface area contributed by atoms with E-state index < -0.39 is 24.0 Å². The van der Waals surface area contributed by atoms with E-state index in [1.165, 1.54) is 6.92 Å². The summed E-state index contributed by atoms with van der Waals surface area (Å²) in [6.07, 6.45) is 0.930. The zero-order chi connectivity index (χ0) is 17.4. The van der Waals surface area contributed by atoms with Gasteiger partial charge in [0.05, 0.1) is 0 Å². The van der Waals surface area contributed by atoms with E-state index in [2.05, 4.69) is 10.6 Å². The molecule has 6 heteroatoms. The monoisotopic (exact) mass is 320 g/mol. The van der Waals surface area contributed by atoms with Gasteiger partial charge in [-0.3, -0.25) is 9.59 Å². The number of nitrogens with one attached hydrogen (secondary N) is 2. The van der Waals surface area contributed by atoms with Gasteiger partial charge in [0, 0.05) is 13.3 Å². The first-order valence-electron chi connectivity index (χ1n) is 7.69. The topological polar surface area (TPSA) is 95.5 Å². The summed E-state index contributed by atoms with van der Waals surface area (Å²) in [5.41, 5.74) is 0.886. The minimum atomic E-state index is -1.08. The maximum absolute atomic E-state index is 12.4. The molecular formula is C17H24N2O4. The van der Waals surface area contributed by atoms with E-state index in [1.54, 1.807) is 6.92 Å². The van der Waals surface area contributed by atoms with Crippen LogP contribution in [0.4, 0.5) is 0 Å². The fraction of sp³-hybridized carbons (Fsp3) is 0.471. The molecule has 0 unspecified atom stereocenters. The largest absolute Gasteiger partial charge is 0.480 e. The molecule has 3 atom stereocenters. The maximum atomic E-state index is 12.4. The molecule has 1 aromatic rings. The molecule has 0 saturated heterocycles. The van der Waals surface area contributed by atoms with Crippen molar-refractivity contribution in [3.05, 3.63) is 35.9 Å². The summed E-state index contributed by atoms with van der Waals surface area (Å²) in [6.45, 7) is 4.96. The van der Waals surface area contributed by atoms with Crippen molar-refractivity contribution in [3.8, 4) is 0 Å². The van der Waals surface area contributed by atoms with Gasteiger partial charge in [0.25, 0.3) is 0 Å². The highest BCUT2D eigenvalue weighted by atomic mass is 16.4. The third kappa shape index (κ3) is 6.10. The van der Waals surface area contributed by atoms with Gasteiger partial charge in [-0.15, -0.1) is 0 Å². The summed E-state index contributed by atoms with van der Waals surface area (Å²) in [4.78, 5) is 35.1. The van der Waals surface area contributed by atoms with Crippen molar-refractivity contribution in [3.63, 3.8) is 0 Å². The average molecular weight is 320 g/mol. The Morgan fingerprint density at radius 3 is 2.22 bits per heavy atom. The van der Waals surface area contributed by atoms with Gasteiger partial charge in [0.2, 0.25) is 11.8 Å². The predicted octanol–water partition coefficient (Wildman–Crippen LogP) is 1.35. The number of carbonyl (C=O) groups is 3. The Balaban J connectivity index is 2.86. The second kappa shape index (κ2) is 8.92. The van der Waals surface area contributed by atoms with Crippen molar-refractivity contribution in [1.29, 1.82) is 0 Å². The lowest BCUT2D eigenvalue weighted by Crippen LogP contribution is -2.53. The van der Waals surface area contributed by atoms with E-state index in [0.717, 1.165) is 5.56 Å². The van der Waals surface area contributed by atoms with Crippen LogP contribution in [0.2, 0.25) is 0 Å². The molecule has 1 rings (SSSR count). The van der Waals surface area contributed by atoms with Gasteiger partial charge in [0.15, 0.2) is 0 Å². The fourth-order valence-electron chi connectivity index (χ4n) is 2.24. The van der Waals surface area contributed by atoms with Gasteiger partial charge in [-0.05, 0) is 11.5 Å². The number of carbonyl (C=O) groups excluding carboxylic acids is 2. The third-order valence-electron chi connectivity index (χ3n) is 3.75. The standard InChI is InChI=1S/C17H24N2O4/c1-4-11(2)15(17(22)23)19-16(21)14(18-12(3)20)10-13-8-6-5-7-9-13/h5-9,11,14-15H,4,10H2,1-3H3,(H,18,20)(H,19,21)(H,22,23)/t11-,14-,15+/m0/s1. The Hall–Kier alpha value is -2.37. The molecular weight excluding hydrogens is 296 g/mol. The third-order valence-corrected chi connectivity index (χ3v) is 3.75. The molecule has 0 radical (unpaired) electrons. The molecule has 0 aliphatic heterocycles. The van der Waals surface area contributed by atoms with E-state index in [1.807, 2.05) is 37.3 Å². The smallest absolute Gasteiger partial charge is 0.326 e. The van der Waals surface area contributed by atoms with E-state index in [-0.39, 0.29) is 11.8 Å². The molecule has 0 aliphatic carbocycles. The highest BCUT2D eigenvalue weighted by molar-refractivity contribution is 5.90. The molecule has 0 aliphatic rings. The number of aliphatic carboxylic acids is 1. The number of rotatable bonds is 8. The number of hydrogen-bond acceptors (Lipinski definition) is 3. The SMILES string of the molecule is CC[C@H](C)[C@@H](NC(=O)[C@H](Cc1ccccc1)NC(C)=O)C(=O)O. The minimum Gasteiger partial charge on any atom is -0.480 e. The first-order valence-corrected chi connectivity index (χ1v) is 7.69. The van der Waals surface area contributed by atoms with Crippen LogP contribution in [0.5, 0.6) is 0 Å². The second-order valence-corrected chi connectivity index (χ2v) is 5.65. The van der Waals surface area contributed by atoms with Crippen molar-refractivity contribution >= 4 is 17.8 Å². The van der Waals surface area contributed by atoms with Gasteiger partial charge < -0.3 is 15.7 Å². The molecule has 3 N–H and O–H groups in total. The van der Waals surface area contributed by atoms with E-state index in [0.29, 0.717) is 12.8 Å². The van der Waals surface area contributed by atoms with Crippen LogP contribution in [0.3, 0.4) is 0 Å². The molecule has 0 bridgehead atoms. The highest BCUT2D eigenvalue weighted by Crippen LogP contribution is 2.09. The average Bonchev–Trinajstić information content (AvgIpc) is 2.51. The predicted molar refractivity (Wildman–Crippen MR) is 86.8 cm³/mol. The zero-order valence-corrected chi connectivity index (χ0v) is 13.7. The summed E-state index contributed by atoms with van der Waals surface area (Å²) in [5, 5.41) is 14.4. The van der Waals surface area contributed by atoms with Crippen LogP contribution in [0.25, 0.3) is 0 Å². The van der Waals surface area contributed by atoms with Gasteiger partial charge in [-0.2, -0.15) is 0 Å². The fourth-order valence-corrected chi connectivity index (χ4v) is 2.24. The normalized spacial score (nSPS) is 14.4. The zero-order valence-electron chi connectivity index (χ0n) is 13.7. The Kier molecular flexibility index (Phi) is 7.25. The summed E-state index contributed by atoms with van der Waals surface area (Å²) in [7, 11) is 0. The minimum absolute atomic E-state index is 0.203. The van der Waals surface area contributed by atoms with Gasteiger partial charge in [-0.25, -0.2) is 4.79 Å². The van der Waals surface area contributed by atoms with Gasteiger partial charge in [0.1, 0.15) is 12.1 Å². The maximum Gasteiger partial charge on any atom is 0.326 e. The van der Waals surface area contributed by atoms with Crippen molar-refractivity contribution in [2.75, 3.05) is 0 Å². The Bertz CT molecular complexity index is 545. The second-order valence-electron chi connectivity index (χ2n) is 5.65. The van der Waals surface area contributed by atoms with E-state index in [4.69, 9.17) is 0 Å². The van der Waals surface area contributed by atoms with Crippen LogP contribution in [0.1, 0.15) is 32.8 Å². The lowest BCUT2D eigenvalue weighted by Gasteiger charge is -2.24. The lowest BCUT2D eigenvalue weighted by atomic mass is 9.98. The summed E-state index contributed by atoms with van der Waals surface area (Å²) in [6, 6.07) is 7.48. The first-order chi connectivity index (χ1) is 10.8. The van der Waals surface area contributed by atoms with E-state index >= 15 is 0 Å². The van der Waals surface area contributed by atoms with E-state index in [9.17, 15) is 19.5 Å². The first kappa shape index (κ1) is 18.7. The number of hydrogen-bond donors (Lipinski definition) is 3. The van der Waals surface area contributed by atoms with Crippen molar-refractivity contribution in [2.45, 2.75) is 45.7 Å². The molecule has 0 spiro atoms. The van der Waals surface area contributed by atoms with Crippen molar-refractivity contribution in [1.82, 2.24) is 10.6 Å². The molecule has 126 valence electrons. The molecule has 23 heavy (non-hydrogen) atoms. The molecule has 0 heterocycles. The molecule has 0 fully saturated rings. The van der Waals surface area contributed by atoms with Crippen molar-refractivity contribution in [2.24, 2.45) is 5.92 Å². The van der Waals surface area contributed by atoms with Crippen LogP contribution >= 0.6 is 0 Å². The van der Waals surface area contributed by atoms with Crippen LogP contribution in [0, 0.1) is 5.92 Å². The van der Waals surface area contributed by atoms with Gasteiger partial charge in [-0.1, -0.05) is 50.6 Å². The highest BCUT2D eigenvalue weighted by Gasteiger charge is 2.29. The molecule has 1 aromatic carbocycles. The summed E-state index contributed by atoms with van der Waals surface area (Å²) < 4.78 is 0. The summed E-state index contributed by atoms with van der Waals surface area (Å²) in [5.74, 6) is -2.10. The van der Waals surface area contributed by atoms with Crippen molar-refractivity contribution < 1.29 is 19.5 Å². The van der Waals surface area contributed by atoms with Crippen LogP contribution in [-0.2, 0) is 20.8 Å². The van der Waals surface area contributed by atoms with Crippen LogP contribution < -0.4 is 10.6 Å². The Morgan fingerprint density at radius 2 is 1.74 bits per heavy atom. The lowest BCUT2D eigenvalue weighted by molar-refractivity contribution is -0.143. The molecule has 0 aromatic heterocycles. The number of amides is 2. The van der Waals surface area contributed by atoms with Crippen LogP contribution in [-0.4, -0.2) is 35.0 Å². The quantitative estimate of drug-likeness (QED) is 0.674. The molecule has 6 nitrogen and oxygen atoms in total. The molecule has 0 saturated carbocycles. The molecule has 2 amide bonds.